The first-order chi connectivity index (χ1) is 8.77. The lowest BCUT2D eigenvalue weighted by Crippen LogP contribution is -2.18. The molecule has 0 fully saturated rings. The molecule has 98 valence electrons. The highest BCUT2D eigenvalue weighted by Crippen LogP contribution is 2.37. The zero-order chi connectivity index (χ0) is 13.0. The first-order valence-electron chi connectivity index (χ1n) is 6.34. The van der Waals surface area contributed by atoms with Crippen LogP contribution >= 0.6 is 15.9 Å². The van der Waals surface area contributed by atoms with E-state index in [0.717, 1.165) is 35.9 Å². The maximum atomic E-state index is 11.2. The summed E-state index contributed by atoms with van der Waals surface area (Å²) in [5.74, 6) is 0.790. The number of carbonyl (C=O) groups excluding carboxylic acids is 1. The second kappa shape index (κ2) is 6.34. The number of nitrogens with one attached hydrogen (secondary N) is 1. The highest BCUT2D eigenvalue weighted by Gasteiger charge is 2.20. The average Bonchev–Trinajstić information content (AvgIpc) is 2.41. The van der Waals surface area contributed by atoms with Crippen molar-refractivity contribution < 1.29 is 9.53 Å². The maximum Gasteiger partial charge on any atom is 0.153 e. The summed E-state index contributed by atoms with van der Waals surface area (Å²) in [6, 6.07) is 1.88. The highest BCUT2D eigenvalue weighted by atomic mass is 79.9. The van der Waals surface area contributed by atoms with Crippen LogP contribution in [0.25, 0.3) is 0 Å². The molecule has 1 N–H and O–H groups in total. The van der Waals surface area contributed by atoms with Crippen LogP contribution < -0.4 is 10.1 Å². The van der Waals surface area contributed by atoms with Gasteiger partial charge in [-0.15, -0.1) is 0 Å². The summed E-state index contributed by atoms with van der Waals surface area (Å²) >= 11 is 3.56. The fourth-order valence-electron chi connectivity index (χ4n) is 2.40. The van der Waals surface area contributed by atoms with Crippen LogP contribution in [0.5, 0.6) is 5.75 Å². The van der Waals surface area contributed by atoms with Crippen molar-refractivity contribution in [2.75, 3.05) is 20.2 Å². The summed E-state index contributed by atoms with van der Waals surface area (Å²) < 4.78 is 6.85. The number of ether oxygens (including phenoxy) is 1. The van der Waals surface area contributed by atoms with Crippen LogP contribution in [0.2, 0.25) is 0 Å². The normalized spacial score (nSPS) is 14.1. The zero-order valence-corrected chi connectivity index (χ0v) is 12.2. The van der Waals surface area contributed by atoms with Gasteiger partial charge in [0.1, 0.15) is 12.4 Å². The number of hydrogen-bond acceptors (Lipinski definition) is 3. The summed E-state index contributed by atoms with van der Waals surface area (Å²) in [5, 5.41) is 3.04. The molecule has 1 aliphatic carbocycles. The summed E-state index contributed by atoms with van der Waals surface area (Å²) in [6.45, 7) is 1.37. The molecule has 0 heterocycles. The Morgan fingerprint density at radius 1 is 1.39 bits per heavy atom. The van der Waals surface area contributed by atoms with E-state index in [0.29, 0.717) is 12.2 Å². The Balaban J connectivity index is 2.37. The molecule has 0 unspecified atom stereocenters. The Hall–Kier alpha value is -0.870. The molecule has 0 spiro atoms. The molecule has 4 heteroatoms. The van der Waals surface area contributed by atoms with E-state index < -0.39 is 0 Å². The van der Waals surface area contributed by atoms with Crippen molar-refractivity contribution in [2.24, 2.45) is 0 Å². The van der Waals surface area contributed by atoms with Gasteiger partial charge in [-0.2, -0.15) is 0 Å². The Kier molecular flexibility index (Phi) is 4.78. The van der Waals surface area contributed by atoms with Crippen molar-refractivity contribution in [1.82, 2.24) is 5.32 Å². The van der Waals surface area contributed by atoms with Crippen molar-refractivity contribution in [2.45, 2.75) is 25.7 Å². The largest absolute Gasteiger partial charge is 0.491 e. The average molecular weight is 312 g/mol. The van der Waals surface area contributed by atoms with Crippen molar-refractivity contribution in [3.63, 3.8) is 0 Å². The molecule has 0 atom stereocenters. The molecule has 0 aliphatic heterocycles. The van der Waals surface area contributed by atoms with Crippen LogP contribution in [0, 0.1) is 0 Å². The molecule has 0 saturated carbocycles. The fourth-order valence-corrected chi connectivity index (χ4v) is 3.08. The minimum atomic E-state index is 0.589. The SMILES string of the molecule is CNCCOc1c(C=O)cc(Br)c2c1CCCC2. The van der Waals surface area contributed by atoms with Crippen molar-refractivity contribution >= 4 is 22.2 Å². The number of hydrogen-bond donors (Lipinski definition) is 1. The number of aldehydes is 1. The second-order valence-corrected chi connectivity index (χ2v) is 5.37. The molecule has 18 heavy (non-hydrogen) atoms. The van der Waals surface area contributed by atoms with Crippen LogP contribution in [-0.4, -0.2) is 26.5 Å². The molecule has 3 nitrogen and oxygen atoms in total. The Morgan fingerprint density at radius 2 is 2.11 bits per heavy atom. The Morgan fingerprint density at radius 3 is 2.78 bits per heavy atom. The number of halogens is 1. The Labute approximate surface area is 116 Å². The number of benzene rings is 1. The molecule has 0 amide bonds. The molecular formula is C14H18BrNO2. The number of likely N-dealkylation sites (N-methyl/N-ethyl adjacent to an activating group) is 1. The minimum Gasteiger partial charge on any atom is -0.491 e. The summed E-state index contributed by atoms with van der Waals surface area (Å²) in [5.41, 5.74) is 3.18. The van der Waals surface area contributed by atoms with E-state index in [9.17, 15) is 4.79 Å². The number of fused-ring (bicyclic) bond motifs is 1. The van der Waals surface area contributed by atoms with Crippen LogP contribution in [0.3, 0.4) is 0 Å². The third kappa shape index (κ3) is 2.75. The second-order valence-electron chi connectivity index (χ2n) is 4.51. The van der Waals surface area contributed by atoms with Crippen LogP contribution in [0.15, 0.2) is 10.5 Å². The molecule has 0 saturated heterocycles. The van der Waals surface area contributed by atoms with E-state index in [1.165, 1.54) is 24.0 Å². The van der Waals surface area contributed by atoms with E-state index in [1.54, 1.807) is 0 Å². The van der Waals surface area contributed by atoms with E-state index in [4.69, 9.17) is 4.74 Å². The first kappa shape index (κ1) is 13.6. The number of carbonyl (C=O) groups is 1. The standard InChI is InChI=1S/C14H18BrNO2/c1-16-6-7-18-14-10(9-17)8-13(15)11-4-2-3-5-12(11)14/h8-9,16H,2-7H2,1H3. The van der Waals surface area contributed by atoms with Gasteiger partial charge in [0.25, 0.3) is 0 Å². The molecule has 2 rings (SSSR count). The monoisotopic (exact) mass is 311 g/mol. The third-order valence-corrected chi connectivity index (χ3v) is 4.01. The lowest BCUT2D eigenvalue weighted by Gasteiger charge is -2.22. The van der Waals surface area contributed by atoms with Gasteiger partial charge in [-0.25, -0.2) is 0 Å². The Bertz CT molecular complexity index is 446. The van der Waals surface area contributed by atoms with Gasteiger partial charge in [-0.3, -0.25) is 4.79 Å². The van der Waals surface area contributed by atoms with E-state index in [1.807, 2.05) is 13.1 Å². The first-order valence-corrected chi connectivity index (χ1v) is 7.14. The van der Waals surface area contributed by atoms with Gasteiger partial charge in [-0.1, -0.05) is 15.9 Å². The predicted octanol–water partition coefficient (Wildman–Crippen LogP) is 2.74. The quantitative estimate of drug-likeness (QED) is 0.671. The lowest BCUT2D eigenvalue weighted by atomic mass is 9.89. The fraction of sp³-hybridized carbons (Fsp3) is 0.500. The summed E-state index contributed by atoms with van der Waals surface area (Å²) in [7, 11) is 1.89. The van der Waals surface area contributed by atoms with Gasteiger partial charge in [0.05, 0.1) is 5.56 Å². The van der Waals surface area contributed by atoms with Gasteiger partial charge in [0, 0.05) is 11.0 Å². The highest BCUT2D eigenvalue weighted by molar-refractivity contribution is 9.10. The molecule has 0 bridgehead atoms. The van der Waals surface area contributed by atoms with Gasteiger partial charge in [0.2, 0.25) is 0 Å². The van der Waals surface area contributed by atoms with E-state index in [-0.39, 0.29) is 0 Å². The minimum absolute atomic E-state index is 0.589. The predicted molar refractivity (Wildman–Crippen MR) is 75.6 cm³/mol. The van der Waals surface area contributed by atoms with Crippen molar-refractivity contribution in [3.05, 3.63) is 27.2 Å². The van der Waals surface area contributed by atoms with Gasteiger partial charge in [0.15, 0.2) is 6.29 Å². The van der Waals surface area contributed by atoms with E-state index >= 15 is 0 Å². The van der Waals surface area contributed by atoms with Gasteiger partial charge < -0.3 is 10.1 Å². The van der Waals surface area contributed by atoms with Gasteiger partial charge in [-0.05, 0) is 49.9 Å². The van der Waals surface area contributed by atoms with Crippen LogP contribution in [0.1, 0.15) is 34.3 Å². The third-order valence-electron chi connectivity index (χ3n) is 3.30. The molecule has 0 aromatic heterocycles. The van der Waals surface area contributed by atoms with Crippen molar-refractivity contribution in [1.29, 1.82) is 0 Å². The number of rotatable bonds is 5. The summed E-state index contributed by atoms with van der Waals surface area (Å²) in [4.78, 5) is 11.2. The maximum absolute atomic E-state index is 11.2. The zero-order valence-electron chi connectivity index (χ0n) is 10.6. The molecular weight excluding hydrogens is 294 g/mol. The van der Waals surface area contributed by atoms with Crippen LogP contribution in [-0.2, 0) is 12.8 Å². The lowest BCUT2D eigenvalue weighted by molar-refractivity contribution is 0.111. The summed E-state index contributed by atoms with van der Waals surface area (Å²) in [6.07, 6.45) is 5.34. The van der Waals surface area contributed by atoms with Gasteiger partial charge >= 0.3 is 0 Å². The molecule has 1 aromatic carbocycles. The topological polar surface area (TPSA) is 38.3 Å². The van der Waals surface area contributed by atoms with Crippen molar-refractivity contribution in [3.8, 4) is 5.75 Å². The molecule has 1 aromatic rings. The van der Waals surface area contributed by atoms with E-state index in [2.05, 4.69) is 21.2 Å². The molecule has 0 radical (unpaired) electrons. The van der Waals surface area contributed by atoms with Crippen LogP contribution in [0.4, 0.5) is 0 Å². The smallest absolute Gasteiger partial charge is 0.153 e. The molecule has 1 aliphatic rings.